The molecule has 2 amide bonds. The Hall–Kier alpha value is -2.85. The largest absolute Gasteiger partial charge is 0.493 e. The first kappa shape index (κ1) is 24.8. The average Bonchev–Trinajstić information content (AvgIpc) is 3.05. The van der Waals surface area contributed by atoms with Gasteiger partial charge in [-0.3, -0.25) is 24.3 Å². The third-order valence-corrected chi connectivity index (χ3v) is 6.20. The second-order valence-corrected chi connectivity index (χ2v) is 8.97. The number of methoxy groups -OCH3 is 1. The zero-order valence-electron chi connectivity index (χ0n) is 18.4. The smallest absolute Gasteiger partial charge is 0.326 e. The molecule has 2 heterocycles. The number of pyridine rings is 1. The minimum absolute atomic E-state index is 0.201. The van der Waals surface area contributed by atoms with Gasteiger partial charge in [-0.25, -0.2) is 0 Å². The van der Waals surface area contributed by atoms with Crippen LogP contribution in [0.15, 0.2) is 45.9 Å². The predicted octanol–water partition coefficient (Wildman–Crippen LogP) is 4.81. The van der Waals surface area contributed by atoms with Crippen molar-refractivity contribution in [1.82, 2.24) is 9.88 Å². The molecule has 0 spiro atoms. The molecule has 1 fully saturated rings. The van der Waals surface area contributed by atoms with Gasteiger partial charge in [0.2, 0.25) is 0 Å². The van der Waals surface area contributed by atoms with Crippen LogP contribution in [0.4, 0.5) is 4.79 Å². The van der Waals surface area contributed by atoms with Crippen molar-refractivity contribution in [3.8, 4) is 11.5 Å². The van der Waals surface area contributed by atoms with Gasteiger partial charge in [0.05, 0.1) is 28.3 Å². The summed E-state index contributed by atoms with van der Waals surface area (Å²) >= 11 is 4.25. The Balaban J connectivity index is 1.75. The maximum atomic E-state index is 12.7. The molecule has 33 heavy (non-hydrogen) atoms. The van der Waals surface area contributed by atoms with Crippen LogP contribution in [0.25, 0.3) is 6.08 Å². The van der Waals surface area contributed by atoms with E-state index >= 15 is 0 Å². The van der Waals surface area contributed by atoms with Gasteiger partial charge >= 0.3 is 5.97 Å². The Kier molecular flexibility index (Phi) is 8.51. The lowest BCUT2D eigenvalue weighted by Crippen LogP contribution is -2.35. The molecule has 3 rings (SSSR count). The fourth-order valence-electron chi connectivity index (χ4n) is 2.85. The molecular weight excluding hydrogens is 512 g/mol. The number of thioether (sulfide) groups is 1. The lowest BCUT2D eigenvalue weighted by molar-refractivity contribution is -0.150. The van der Waals surface area contributed by atoms with Gasteiger partial charge in [0, 0.05) is 6.20 Å². The molecule has 0 radical (unpaired) electrons. The molecule has 0 saturated carbocycles. The highest BCUT2D eigenvalue weighted by Gasteiger charge is 2.37. The van der Waals surface area contributed by atoms with E-state index in [0.29, 0.717) is 28.0 Å². The molecule has 1 atom stereocenters. The summed E-state index contributed by atoms with van der Waals surface area (Å²) in [6.07, 6.45) is 3.62. The molecule has 1 aromatic carbocycles. The van der Waals surface area contributed by atoms with Crippen LogP contribution in [0.2, 0.25) is 0 Å². The number of esters is 1. The number of carbonyl (C=O) groups excluding carboxylic acids is 3. The topological polar surface area (TPSA) is 95.0 Å². The van der Waals surface area contributed by atoms with E-state index in [1.165, 1.54) is 7.11 Å². The standard InChI is InChI=1S/C23H23BrN2O6S/c1-4-14(2)32-20(27)12-26-22(28)19(33-23(26)29)11-15-9-17(24)21(18(10-15)30-3)31-13-16-7-5-6-8-25-16/h5-11,14H,4,12-13H2,1-3H3/b19-11+/t14-/m0/s1. The van der Waals surface area contributed by atoms with Gasteiger partial charge in [-0.15, -0.1) is 0 Å². The lowest BCUT2D eigenvalue weighted by atomic mass is 10.2. The third-order valence-electron chi connectivity index (χ3n) is 4.71. The van der Waals surface area contributed by atoms with E-state index in [1.54, 1.807) is 31.3 Å². The molecule has 1 saturated heterocycles. The molecule has 1 aliphatic rings. The Morgan fingerprint density at radius 3 is 2.76 bits per heavy atom. The summed E-state index contributed by atoms with van der Waals surface area (Å²) in [6, 6.07) is 9.00. The SMILES string of the molecule is CC[C@H](C)OC(=O)CN1C(=O)S/C(=C/c2cc(Br)c(OCc3ccccn3)c(OC)c2)C1=O. The zero-order valence-corrected chi connectivity index (χ0v) is 20.8. The highest BCUT2D eigenvalue weighted by molar-refractivity contribution is 9.10. The molecule has 0 N–H and O–H groups in total. The number of imide groups is 1. The number of ether oxygens (including phenoxy) is 3. The summed E-state index contributed by atoms with van der Waals surface area (Å²) in [5, 5.41) is -0.520. The van der Waals surface area contributed by atoms with Crippen molar-refractivity contribution in [1.29, 1.82) is 0 Å². The van der Waals surface area contributed by atoms with E-state index in [9.17, 15) is 14.4 Å². The summed E-state index contributed by atoms with van der Waals surface area (Å²) in [6.45, 7) is 3.46. The molecule has 1 aromatic heterocycles. The highest BCUT2D eigenvalue weighted by Crippen LogP contribution is 2.39. The van der Waals surface area contributed by atoms with Crippen molar-refractivity contribution in [2.45, 2.75) is 33.0 Å². The van der Waals surface area contributed by atoms with Crippen molar-refractivity contribution >= 4 is 50.9 Å². The van der Waals surface area contributed by atoms with Crippen LogP contribution >= 0.6 is 27.7 Å². The molecule has 0 unspecified atom stereocenters. The van der Waals surface area contributed by atoms with Crippen molar-refractivity contribution in [2.24, 2.45) is 0 Å². The van der Waals surface area contributed by atoms with E-state index in [0.717, 1.165) is 22.4 Å². The van der Waals surface area contributed by atoms with Crippen LogP contribution in [0.1, 0.15) is 31.5 Å². The van der Waals surface area contributed by atoms with E-state index < -0.39 is 23.7 Å². The molecule has 2 aromatic rings. The van der Waals surface area contributed by atoms with Crippen molar-refractivity contribution < 1.29 is 28.6 Å². The van der Waals surface area contributed by atoms with Crippen LogP contribution in [-0.2, 0) is 20.9 Å². The normalized spacial score (nSPS) is 15.6. The zero-order chi connectivity index (χ0) is 24.0. The van der Waals surface area contributed by atoms with E-state index in [2.05, 4.69) is 20.9 Å². The molecule has 1 aliphatic heterocycles. The van der Waals surface area contributed by atoms with Gasteiger partial charge in [0.1, 0.15) is 13.2 Å². The second kappa shape index (κ2) is 11.3. The van der Waals surface area contributed by atoms with Gasteiger partial charge < -0.3 is 14.2 Å². The van der Waals surface area contributed by atoms with Gasteiger partial charge in [0.25, 0.3) is 11.1 Å². The molecular formula is C23H23BrN2O6S. The summed E-state index contributed by atoms with van der Waals surface area (Å²) in [7, 11) is 1.51. The fraction of sp³-hybridized carbons (Fsp3) is 0.304. The number of hydrogen-bond acceptors (Lipinski definition) is 8. The quantitative estimate of drug-likeness (QED) is 0.334. The third kappa shape index (κ3) is 6.35. The van der Waals surface area contributed by atoms with E-state index in [4.69, 9.17) is 14.2 Å². The Morgan fingerprint density at radius 1 is 1.30 bits per heavy atom. The first-order valence-electron chi connectivity index (χ1n) is 10.2. The first-order chi connectivity index (χ1) is 15.8. The van der Waals surface area contributed by atoms with Crippen LogP contribution in [-0.4, -0.2) is 46.8 Å². The van der Waals surface area contributed by atoms with E-state index in [-0.39, 0.29) is 17.6 Å². The number of benzene rings is 1. The van der Waals surface area contributed by atoms with Crippen LogP contribution in [0.3, 0.4) is 0 Å². The highest BCUT2D eigenvalue weighted by atomic mass is 79.9. The predicted molar refractivity (Wildman–Crippen MR) is 128 cm³/mol. The Bertz CT molecular complexity index is 1080. The van der Waals surface area contributed by atoms with Crippen LogP contribution < -0.4 is 9.47 Å². The summed E-state index contributed by atoms with van der Waals surface area (Å²) < 4.78 is 17.1. The Morgan fingerprint density at radius 2 is 2.09 bits per heavy atom. The van der Waals surface area contributed by atoms with Gasteiger partial charge in [0.15, 0.2) is 11.5 Å². The van der Waals surface area contributed by atoms with Gasteiger partial charge in [-0.1, -0.05) is 13.0 Å². The summed E-state index contributed by atoms with van der Waals surface area (Å²) in [5.74, 6) is -0.229. The number of hydrogen-bond donors (Lipinski definition) is 0. The van der Waals surface area contributed by atoms with Crippen molar-refractivity contribution in [3.63, 3.8) is 0 Å². The first-order valence-corrected chi connectivity index (χ1v) is 11.8. The minimum Gasteiger partial charge on any atom is -0.493 e. The monoisotopic (exact) mass is 534 g/mol. The molecule has 0 bridgehead atoms. The van der Waals surface area contributed by atoms with Crippen molar-refractivity contribution in [2.75, 3.05) is 13.7 Å². The molecule has 8 nitrogen and oxygen atoms in total. The van der Waals surface area contributed by atoms with Gasteiger partial charge in [-0.05, 0) is 76.9 Å². The number of nitrogens with zero attached hydrogens (tertiary/aromatic N) is 2. The number of halogens is 1. The molecule has 0 aliphatic carbocycles. The average molecular weight is 535 g/mol. The molecule has 10 heteroatoms. The second-order valence-electron chi connectivity index (χ2n) is 7.12. The fourth-order valence-corrected chi connectivity index (χ4v) is 4.27. The Labute approximate surface area is 204 Å². The number of carbonyl (C=O) groups is 3. The lowest BCUT2D eigenvalue weighted by Gasteiger charge is -2.15. The summed E-state index contributed by atoms with van der Waals surface area (Å²) in [5.41, 5.74) is 1.38. The number of rotatable bonds is 9. The number of aromatic nitrogens is 1. The van der Waals surface area contributed by atoms with Crippen LogP contribution in [0.5, 0.6) is 11.5 Å². The van der Waals surface area contributed by atoms with Crippen LogP contribution in [0, 0.1) is 0 Å². The minimum atomic E-state index is -0.619. The molecule has 174 valence electrons. The van der Waals surface area contributed by atoms with Crippen molar-refractivity contribution in [3.05, 3.63) is 57.2 Å². The number of amides is 2. The van der Waals surface area contributed by atoms with Gasteiger partial charge in [-0.2, -0.15) is 0 Å². The summed E-state index contributed by atoms with van der Waals surface area (Å²) in [4.78, 5) is 42.3. The maximum Gasteiger partial charge on any atom is 0.326 e. The maximum absolute atomic E-state index is 12.7. The van der Waals surface area contributed by atoms with E-state index in [1.807, 2.05) is 25.1 Å².